The van der Waals surface area contributed by atoms with Crippen molar-refractivity contribution in [3.05, 3.63) is 59.2 Å². The van der Waals surface area contributed by atoms with Crippen molar-refractivity contribution in [1.29, 1.82) is 0 Å². The summed E-state index contributed by atoms with van der Waals surface area (Å²) in [6.45, 7) is 8.69. The van der Waals surface area contributed by atoms with Gasteiger partial charge in [-0.2, -0.15) is 0 Å². The van der Waals surface area contributed by atoms with Crippen LogP contribution >= 0.6 is 0 Å². The lowest BCUT2D eigenvalue weighted by atomic mass is 9.97. The lowest BCUT2D eigenvalue weighted by Gasteiger charge is -2.24. The van der Waals surface area contributed by atoms with E-state index in [1.165, 1.54) is 0 Å². The number of carbonyl (C=O) groups is 2. The van der Waals surface area contributed by atoms with Crippen molar-refractivity contribution in [2.75, 3.05) is 16.8 Å². The zero-order valence-electron chi connectivity index (χ0n) is 15.9. The summed E-state index contributed by atoms with van der Waals surface area (Å²) in [5.41, 5.74) is 5.06. The third-order valence-corrected chi connectivity index (χ3v) is 4.94. The van der Waals surface area contributed by atoms with Crippen molar-refractivity contribution < 1.29 is 9.59 Å². The van der Waals surface area contributed by atoms with Gasteiger partial charge in [-0.05, 0) is 48.6 Å². The number of carbonyl (C=O) groups excluding carboxylic acids is 2. The molecule has 1 aliphatic rings. The second kappa shape index (κ2) is 7.32. The second-order valence-corrected chi connectivity index (χ2v) is 7.43. The first kappa shape index (κ1) is 18.2. The first-order valence-electron chi connectivity index (χ1n) is 9.14. The molecule has 0 spiro atoms. The van der Waals surface area contributed by atoms with Crippen molar-refractivity contribution >= 4 is 23.2 Å². The van der Waals surface area contributed by atoms with E-state index >= 15 is 0 Å². The highest BCUT2D eigenvalue weighted by atomic mass is 16.2. The van der Waals surface area contributed by atoms with Crippen LogP contribution in [0.2, 0.25) is 0 Å². The SMILES string of the molecule is Cc1cccc(NC(=O)C2CC(=O)N(c3c(C)cccc3C(C)C)C2)c1. The van der Waals surface area contributed by atoms with E-state index in [4.69, 9.17) is 0 Å². The van der Waals surface area contributed by atoms with Gasteiger partial charge in [-0.1, -0.05) is 44.2 Å². The maximum atomic E-state index is 12.7. The van der Waals surface area contributed by atoms with Gasteiger partial charge in [0.15, 0.2) is 0 Å². The van der Waals surface area contributed by atoms with Crippen LogP contribution < -0.4 is 10.2 Å². The van der Waals surface area contributed by atoms with Crippen LogP contribution in [0.5, 0.6) is 0 Å². The van der Waals surface area contributed by atoms with Gasteiger partial charge in [-0.15, -0.1) is 0 Å². The molecular weight excluding hydrogens is 324 g/mol. The van der Waals surface area contributed by atoms with Crippen LogP contribution in [0.1, 0.15) is 42.9 Å². The lowest BCUT2D eigenvalue weighted by molar-refractivity contribution is -0.122. The monoisotopic (exact) mass is 350 g/mol. The minimum absolute atomic E-state index is 0.0191. The summed E-state index contributed by atoms with van der Waals surface area (Å²) in [7, 11) is 0. The first-order chi connectivity index (χ1) is 12.4. The Morgan fingerprint density at radius 3 is 2.58 bits per heavy atom. The predicted octanol–water partition coefficient (Wildman–Crippen LogP) is 4.42. The third-order valence-electron chi connectivity index (χ3n) is 4.94. The summed E-state index contributed by atoms with van der Waals surface area (Å²) >= 11 is 0. The van der Waals surface area contributed by atoms with Gasteiger partial charge in [-0.25, -0.2) is 0 Å². The van der Waals surface area contributed by atoms with Crippen LogP contribution in [-0.2, 0) is 9.59 Å². The summed E-state index contributed by atoms with van der Waals surface area (Å²) < 4.78 is 0. The minimum Gasteiger partial charge on any atom is -0.326 e. The van der Waals surface area contributed by atoms with Gasteiger partial charge < -0.3 is 10.2 Å². The average molecular weight is 350 g/mol. The van der Waals surface area contributed by atoms with Gasteiger partial charge in [-0.3, -0.25) is 9.59 Å². The number of para-hydroxylation sites is 1. The number of rotatable bonds is 4. The van der Waals surface area contributed by atoms with E-state index in [1.807, 2.05) is 50.2 Å². The number of benzene rings is 2. The van der Waals surface area contributed by atoms with E-state index in [0.29, 0.717) is 12.5 Å². The summed E-state index contributed by atoms with van der Waals surface area (Å²) in [5.74, 6) is -0.0859. The number of nitrogens with zero attached hydrogens (tertiary/aromatic N) is 1. The number of hydrogen-bond donors (Lipinski definition) is 1. The predicted molar refractivity (Wildman–Crippen MR) is 106 cm³/mol. The normalized spacial score (nSPS) is 17.0. The third kappa shape index (κ3) is 3.64. The largest absolute Gasteiger partial charge is 0.326 e. The molecule has 0 saturated carbocycles. The van der Waals surface area contributed by atoms with Gasteiger partial charge in [0.25, 0.3) is 0 Å². The number of nitrogens with one attached hydrogen (secondary N) is 1. The molecule has 1 heterocycles. The Labute approximate surface area is 155 Å². The molecule has 0 radical (unpaired) electrons. The molecule has 2 aromatic carbocycles. The first-order valence-corrected chi connectivity index (χ1v) is 9.14. The highest BCUT2D eigenvalue weighted by Gasteiger charge is 2.36. The molecule has 0 aromatic heterocycles. The van der Waals surface area contributed by atoms with E-state index in [2.05, 4.69) is 25.2 Å². The standard InChI is InChI=1S/C22H26N2O2/c1-14(2)19-10-6-8-16(4)21(19)24-13-17(12-20(24)25)22(26)23-18-9-5-7-15(3)11-18/h5-11,14,17H,12-13H2,1-4H3,(H,23,26). The number of hydrogen-bond acceptors (Lipinski definition) is 2. The van der Waals surface area contributed by atoms with Crippen LogP contribution in [0.15, 0.2) is 42.5 Å². The van der Waals surface area contributed by atoms with Crippen molar-refractivity contribution in [2.45, 2.75) is 40.0 Å². The molecule has 26 heavy (non-hydrogen) atoms. The highest BCUT2D eigenvalue weighted by Crippen LogP contribution is 2.35. The second-order valence-electron chi connectivity index (χ2n) is 7.43. The highest BCUT2D eigenvalue weighted by molar-refractivity contribution is 6.04. The van der Waals surface area contributed by atoms with Gasteiger partial charge in [0.05, 0.1) is 5.92 Å². The number of aryl methyl sites for hydroxylation is 2. The summed E-state index contributed by atoms with van der Waals surface area (Å²) in [6.07, 6.45) is 0.253. The molecular formula is C22H26N2O2. The summed E-state index contributed by atoms with van der Waals surface area (Å²) in [5, 5.41) is 2.95. The zero-order valence-corrected chi connectivity index (χ0v) is 15.9. The topological polar surface area (TPSA) is 49.4 Å². The number of amides is 2. The Bertz CT molecular complexity index is 842. The lowest BCUT2D eigenvalue weighted by Crippen LogP contribution is -2.29. The molecule has 2 aromatic rings. The molecule has 1 N–H and O–H groups in total. The van der Waals surface area contributed by atoms with Crippen molar-refractivity contribution in [3.8, 4) is 0 Å². The van der Waals surface area contributed by atoms with Crippen LogP contribution in [-0.4, -0.2) is 18.4 Å². The molecule has 0 bridgehead atoms. The molecule has 2 amide bonds. The van der Waals surface area contributed by atoms with Crippen LogP contribution in [0.25, 0.3) is 0 Å². The van der Waals surface area contributed by atoms with Crippen LogP contribution in [0.3, 0.4) is 0 Å². The zero-order chi connectivity index (χ0) is 18.8. The Hall–Kier alpha value is -2.62. The van der Waals surface area contributed by atoms with Gasteiger partial charge in [0, 0.05) is 24.3 Å². The average Bonchev–Trinajstić information content (AvgIpc) is 2.96. The maximum Gasteiger partial charge on any atom is 0.229 e. The molecule has 1 fully saturated rings. The molecule has 4 heteroatoms. The molecule has 136 valence electrons. The van der Waals surface area contributed by atoms with E-state index in [9.17, 15) is 9.59 Å². The molecule has 1 atom stereocenters. The Morgan fingerprint density at radius 1 is 1.15 bits per heavy atom. The Balaban J connectivity index is 1.80. The maximum absolute atomic E-state index is 12.7. The van der Waals surface area contributed by atoms with Crippen molar-refractivity contribution in [1.82, 2.24) is 0 Å². The minimum atomic E-state index is -0.331. The molecule has 4 nitrogen and oxygen atoms in total. The van der Waals surface area contributed by atoms with E-state index in [1.54, 1.807) is 4.90 Å². The Morgan fingerprint density at radius 2 is 1.88 bits per heavy atom. The Kier molecular flexibility index (Phi) is 5.12. The fourth-order valence-corrected chi connectivity index (χ4v) is 3.58. The van der Waals surface area contributed by atoms with E-state index in [0.717, 1.165) is 28.1 Å². The number of anilines is 2. The van der Waals surface area contributed by atoms with E-state index < -0.39 is 0 Å². The van der Waals surface area contributed by atoms with Crippen LogP contribution in [0, 0.1) is 19.8 Å². The van der Waals surface area contributed by atoms with Crippen LogP contribution in [0.4, 0.5) is 11.4 Å². The molecule has 1 unspecified atom stereocenters. The molecule has 3 rings (SSSR count). The fourth-order valence-electron chi connectivity index (χ4n) is 3.58. The van der Waals surface area contributed by atoms with Crippen molar-refractivity contribution in [2.24, 2.45) is 5.92 Å². The molecule has 0 aliphatic carbocycles. The summed E-state index contributed by atoms with van der Waals surface area (Å²) in [6, 6.07) is 13.8. The fraction of sp³-hybridized carbons (Fsp3) is 0.364. The van der Waals surface area contributed by atoms with E-state index in [-0.39, 0.29) is 24.2 Å². The van der Waals surface area contributed by atoms with Gasteiger partial charge in [0.2, 0.25) is 11.8 Å². The summed E-state index contributed by atoms with van der Waals surface area (Å²) in [4.78, 5) is 27.1. The molecule has 1 aliphatic heterocycles. The smallest absolute Gasteiger partial charge is 0.229 e. The molecule has 1 saturated heterocycles. The van der Waals surface area contributed by atoms with Gasteiger partial charge in [0.1, 0.15) is 0 Å². The quantitative estimate of drug-likeness (QED) is 0.887. The van der Waals surface area contributed by atoms with Crippen molar-refractivity contribution in [3.63, 3.8) is 0 Å². The van der Waals surface area contributed by atoms with Gasteiger partial charge >= 0.3 is 0 Å².